The van der Waals surface area contributed by atoms with Crippen LogP contribution in [0.1, 0.15) is 0 Å². The molecule has 0 saturated heterocycles. The molecule has 0 fully saturated rings. The third-order valence-corrected chi connectivity index (χ3v) is 2.92. The van der Waals surface area contributed by atoms with Gasteiger partial charge in [-0.25, -0.2) is 0 Å². The minimum absolute atomic E-state index is 0.0673. The summed E-state index contributed by atoms with van der Waals surface area (Å²) in [7, 11) is 1.51. The Morgan fingerprint density at radius 1 is 1.83 bits per heavy atom. The first kappa shape index (κ1) is 9.63. The Kier molecular flexibility index (Phi) is 4.20. The van der Waals surface area contributed by atoms with Crippen molar-refractivity contribution in [3.63, 3.8) is 0 Å². The molecule has 1 rings (SSSR count). The summed E-state index contributed by atoms with van der Waals surface area (Å²) in [6.07, 6.45) is 0. The number of thioether (sulfide) groups is 1. The highest BCUT2D eigenvalue weighted by Gasteiger charge is 2.03. The van der Waals surface area contributed by atoms with Crippen molar-refractivity contribution in [1.82, 2.24) is 10.2 Å². The SMILES string of the molecule is COCC(=O)CSc1nncs1. The number of rotatable bonds is 5. The number of carbonyl (C=O) groups excluding carboxylic acids is 1. The molecule has 0 atom stereocenters. The number of nitrogens with zero attached hydrogens (tertiary/aromatic N) is 2. The second-order valence-corrected chi connectivity index (χ2v) is 4.02. The molecule has 0 bridgehead atoms. The molecule has 12 heavy (non-hydrogen) atoms. The fourth-order valence-electron chi connectivity index (χ4n) is 0.571. The van der Waals surface area contributed by atoms with E-state index in [1.165, 1.54) is 30.2 Å². The van der Waals surface area contributed by atoms with Crippen LogP contribution in [0.25, 0.3) is 0 Å². The smallest absolute Gasteiger partial charge is 0.174 e. The first-order valence-corrected chi connectivity index (χ1v) is 5.09. The summed E-state index contributed by atoms with van der Waals surface area (Å²) in [5.41, 5.74) is 1.64. The second-order valence-electron chi connectivity index (χ2n) is 1.97. The molecular formula is C6H8N2O2S2. The van der Waals surface area contributed by atoms with Gasteiger partial charge in [0.25, 0.3) is 0 Å². The van der Waals surface area contributed by atoms with E-state index >= 15 is 0 Å². The van der Waals surface area contributed by atoms with Gasteiger partial charge in [-0.15, -0.1) is 10.2 Å². The largest absolute Gasteiger partial charge is 0.377 e. The summed E-state index contributed by atoms with van der Waals surface area (Å²) in [4.78, 5) is 10.9. The quantitative estimate of drug-likeness (QED) is 0.665. The van der Waals surface area contributed by atoms with E-state index in [1.54, 1.807) is 5.51 Å². The molecule has 0 saturated carbocycles. The molecule has 0 spiro atoms. The van der Waals surface area contributed by atoms with E-state index in [2.05, 4.69) is 14.9 Å². The van der Waals surface area contributed by atoms with Crippen molar-refractivity contribution in [2.45, 2.75) is 4.34 Å². The molecule has 0 unspecified atom stereocenters. The van der Waals surface area contributed by atoms with E-state index in [4.69, 9.17) is 0 Å². The van der Waals surface area contributed by atoms with E-state index in [0.29, 0.717) is 5.75 Å². The van der Waals surface area contributed by atoms with Crippen LogP contribution in [0.15, 0.2) is 9.85 Å². The molecule has 6 heteroatoms. The van der Waals surface area contributed by atoms with Crippen molar-refractivity contribution in [1.29, 1.82) is 0 Å². The van der Waals surface area contributed by atoms with Crippen LogP contribution in [-0.2, 0) is 9.53 Å². The number of carbonyl (C=O) groups is 1. The van der Waals surface area contributed by atoms with Crippen molar-refractivity contribution in [2.75, 3.05) is 19.5 Å². The molecule has 4 nitrogen and oxygen atoms in total. The van der Waals surface area contributed by atoms with Crippen molar-refractivity contribution >= 4 is 28.9 Å². The van der Waals surface area contributed by atoms with Gasteiger partial charge in [-0.3, -0.25) is 4.79 Å². The second kappa shape index (κ2) is 5.23. The van der Waals surface area contributed by atoms with Gasteiger partial charge >= 0.3 is 0 Å². The summed E-state index contributed by atoms with van der Waals surface area (Å²) in [6, 6.07) is 0. The average Bonchev–Trinajstić information content (AvgIpc) is 2.53. The monoisotopic (exact) mass is 204 g/mol. The Balaban J connectivity index is 2.22. The van der Waals surface area contributed by atoms with Gasteiger partial charge in [0.15, 0.2) is 10.1 Å². The van der Waals surface area contributed by atoms with E-state index < -0.39 is 0 Å². The Morgan fingerprint density at radius 2 is 2.67 bits per heavy atom. The van der Waals surface area contributed by atoms with Gasteiger partial charge in [0.2, 0.25) is 0 Å². The third-order valence-electron chi connectivity index (χ3n) is 1.00. The number of Topliss-reactive ketones (excluding diaryl/α,β-unsaturated/α-hetero) is 1. The summed E-state index contributed by atoms with van der Waals surface area (Å²) >= 11 is 2.82. The normalized spacial score (nSPS) is 10.1. The molecule has 0 aliphatic carbocycles. The Hall–Kier alpha value is -0.460. The molecule has 0 aliphatic rings. The lowest BCUT2D eigenvalue weighted by Crippen LogP contribution is -2.08. The van der Waals surface area contributed by atoms with Crippen LogP contribution in [0.2, 0.25) is 0 Å². The molecular weight excluding hydrogens is 196 g/mol. The van der Waals surface area contributed by atoms with E-state index in [-0.39, 0.29) is 12.4 Å². The zero-order chi connectivity index (χ0) is 8.81. The van der Waals surface area contributed by atoms with Crippen molar-refractivity contribution in [3.8, 4) is 0 Å². The predicted molar refractivity (Wildman–Crippen MR) is 47.5 cm³/mol. The molecule has 0 amide bonds. The van der Waals surface area contributed by atoms with Gasteiger partial charge in [0.1, 0.15) is 12.1 Å². The Bertz CT molecular complexity index is 238. The minimum atomic E-state index is 0.0673. The van der Waals surface area contributed by atoms with Gasteiger partial charge in [0, 0.05) is 7.11 Å². The van der Waals surface area contributed by atoms with Crippen LogP contribution < -0.4 is 0 Å². The Morgan fingerprint density at radius 3 is 3.25 bits per heavy atom. The molecule has 0 N–H and O–H groups in total. The maximum atomic E-state index is 10.9. The maximum absolute atomic E-state index is 10.9. The molecule has 1 aromatic heterocycles. The fourth-order valence-corrected chi connectivity index (χ4v) is 1.90. The van der Waals surface area contributed by atoms with Gasteiger partial charge in [-0.1, -0.05) is 23.1 Å². The van der Waals surface area contributed by atoms with Crippen molar-refractivity contribution < 1.29 is 9.53 Å². The standard InChI is InChI=1S/C6H8N2O2S2/c1-10-2-5(9)3-11-6-8-7-4-12-6/h4H,2-3H2,1H3. The zero-order valence-corrected chi connectivity index (χ0v) is 8.15. The lowest BCUT2D eigenvalue weighted by Gasteiger charge is -1.95. The van der Waals surface area contributed by atoms with Crippen LogP contribution in [-0.4, -0.2) is 35.5 Å². The summed E-state index contributed by atoms with van der Waals surface area (Å²) < 4.78 is 5.50. The van der Waals surface area contributed by atoms with Gasteiger partial charge in [0.05, 0.1) is 5.75 Å². The summed E-state index contributed by atoms with van der Waals surface area (Å²) in [6.45, 7) is 0.172. The third kappa shape index (κ3) is 3.29. The number of aromatic nitrogens is 2. The number of methoxy groups -OCH3 is 1. The molecule has 0 aromatic carbocycles. The first-order chi connectivity index (χ1) is 5.83. The van der Waals surface area contributed by atoms with Crippen LogP contribution in [0.4, 0.5) is 0 Å². The Labute approximate surface area is 78.3 Å². The molecule has 66 valence electrons. The van der Waals surface area contributed by atoms with Crippen LogP contribution in [0.5, 0.6) is 0 Å². The van der Waals surface area contributed by atoms with Crippen molar-refractivity contribution in [3.05, 3.63) is 5.51 Å². The van der Waals surface area contributed by atoms with Gasteiger partial charge < -0.3 is 4.74 Å². The predicted octanol–water partition coefficient (Wildman–Crippen LogP) is 0.846. The van der Waals surface area contributed by atoms with Gasteiger partial charge in [-0.05, 0) is 0 Å². The van der Waals surface area contributed by atoms with E-state index in [0.717, 1.165) is 4.34 Å². The van der Waals surface area contributed by atoms with E-state index in [1.807, 2.05) is 0 Å². The molecule has 0 aliphatic heterocycles. The fraction of sp³-hybridized carbons (Fsp3) is 0.500. The lowest BCUT2D eigenvalue weighted by molar-refractivity contribution is -0.120. The highest BCUT2D eigenvalue weighted by molar-refractivity contribution is 8.01. The van der Waals surface area contributed by atoms with Crippen LogP contribution in [0.3, 0.4) is 0 Å². The molecule has 1 aromatic rings. The van der Waals surface area contributed by atoms with Crippen molar-refractivity contribution in [2.24, 2.45) is 0 Å². The van der Waals surface area contributed by atoms with Crippen LogP contribution >= 0.6 is 23.1 Å². The maximum Gasteiger partial charge on any atom is 0.174 e. The van der Waals surface area contributed by atoms with Gasteiger partial charge in [-0.2, -0.15) is 0 Å². The highest BCUT2D eigenvalue weighted by atomic mass is 32.2. The molecule has 1 heterocycles. The topological polar surface area (TPSA) is 52.1 Å². The minimum Gasteiger partial charge on any atom is -0.377 e. The number of hydrogen-bond donors (Lipinski definition) is 0. The molecule has 0 radical (unpaired) electrons. The first-order valence-electron chi connectivity index (χ1n) is 3.22. The average molecular weight is 204 g/mol. The zero-order valence-electron chi connectivity index (χ0n) is 6.52. The lowest BCUT2D eigenvalue weighted by atomic mass is 10.5. The summed E-state index contributed by atoms with van der Waals surface area (Å²) in [5, 5.41) is 7.44. The number of ether oxygens (including phenoxy) is 1. The summed E-state index contributed by atoms with van der Waals surface area (Å²) in [5.74, 6) is 0.473. The van der Waals surface area contributed by atoms with E-state index in [9.17, 15) is 4.79 Å². The van der Waals surface area contributed by atoms with Crippen LogP contribution in [0, 0.1) is 0 Å². The number of hydrogen-bond acceptors (Lipinski definition) is 6. The number of ketones is 1. The highest BCUT2D eigenvalue weighted by Crippen LogP contribution is 2.18.